The molecule has 1 amide bonds. The SMILES string of the molecule is CCCN(C)C[C@@H]1OCc2cnnn2CCCC(=O)N([C@H](C)CO)C[C@H]1C. The molecule has 1 N–H and O–H groups in total. The van der Waals surface area contributed by atoms with Gasteiger partial charge in [-0.15, -0.1) is 5.10 Å². The summed E-state index contributed by atoms with van der Waals surface area (Å²) in [6.45, 7) is 9.63. The highest BCUT2D eigenvalue weighted by Gasteiger charge is 2.28. The Labute approximate surface area is 162 Å². The fraction of sp³-hybridized carbons (Fsp3) is 0.842. The number of aliphatic hydroxyl groups is 1. The summed E-state index contributed by atoms with van der Waals surface area (Å²) in [5, 5.41) is 17.7. The summed E-state index contributed by atoms with van der Waals surface area (Å²) in [7, 11) is 2.10. The van der Waals surface area contributed by atoms with Crippen molar-refractivity contribution in [3.05, 3.63) is 11.9 Å². The van der Waals surface area contributed by atoms with Gasteiger partial charge in [-0.2, -0.15) is 0 Å². The summed E-state index contributed by atoms with van der Waals surface area (Å²) < 4.78 is 8.11. The number of aromatic nitrogens is 3. The molecule has 0 unspecified atom stereocenters. The molecule has 8 heteroatoms. The van der Waals surface area contributed by atoms with Crippen molar-refractivity contribution in [2.24, 2.45) is 5.92 Å². The van der Waals surface area contributed by atoms with Crippen LogP contribution in [0.25, 0.3) is 0 Å². The lowest BCUT2D eigenvalue weighted by atomic mass is 10.0. The number of carbonyl (C=O) groups excluding carboxylic acids is 1. The van der Waals surface area contributed by atoms with Crippen molar-refractivity contribution in [2.45, 2.75) is 65.3 Å². The van der Waals surface area contributed by atoms with Gasteiger partial charge in [0.25, 0.3) is 0 Å². The zero-order valence-electron chi connectivity index (χ0n) is 17.2. The molecule has 27 heavy (non-hydrogen) atoms. The molecule has 0 spiro atoms. The van der Waals surface area contributed by atoms with Crippen LogP contribution in [0.15, 0.2) is 6.20 Å². The minimum absolute atomic E-state index is 0.0227. The Bertz CT molecular complexity index is 579. The van der Waals surface area contributed by atoms with E-state index in [0.717, 1.165) is 25.2 Å². The van der Waals surface area contributed by atoms with Crippen LogP contribution in [0.3, 0.4) is 0 Å². The minimum Gasteiger partial charge on any atom is -0.394 e. The van der Waals surface area contributed by atoms with E-state index >= 15 is 0 Å². The minimum atomic E-state index is -0.196. The fourth-order valence-electron chi connectivity index (χ4n) is 3.53. The van der Waals surface area contributed by atoms with Crippen LogP contribution < -0.4 is 0 Å². The third kappa shape index (κ3) is 6.26. The predicted molar refractivity (Wildman–Crippen MR) is 103 cm³/mol. The second-order valence-corrected chi connectivity index (χ2v) is 7.72. The van der Waals surface area contributed by atoms with Gasteiger partial charge in [-0.1, -0.05) is 19.1 Å². The van der Waals surface area contributed by atoms with Crippen molar-refractivity contribution in [3.63, 3.8) is 0 Å². The molecule has 0 fully saturated rings. The quantitative estimate of drug-likeness (QED) is 0.796. The maximum Gasteiger partial charge on any atom is 0.222 e. The van der Waals surface area contributed by atoms with Crippen LogP contribution >= 0.6 is 0 Å². The second-order valence-electron chi connectivity index (χ2n) is 7.72. The number of ether oxygens (including phenoxy) is 1. The van der Waals surface area contributed by atoms with Crippen molar-refractivity contribution in [2.75, 3.05) is 33.3 Å². The molecule has 0 saturated heterocycles. The number of aryl methyl sites for hydroxylation is 1. The van der Waals surface area contributed by atoms with Gasteiger partial charge in [0.05, 0.1) is 37.3 Å². The smallest absolute Gasteiger partial charge is 0.222 e. The van der Waals surface area contributed by atoms with Gasteiger partial charge in [-0.25, -0.2) is 4.68 Å². The monoisotopic (exact) mass is 381 g/mol. The van der Waals surface area contributed by atoms with Crippen LogP contribution in [0, 0.1) is 5.92 Å². The number of hydrogen-bond acceptors (Lipinski definition) is 6. The summed E-state index contributed by atoms with van der Waals surface area (Å²) in [6.07, 6.45) is 3.94. The summed E-state index contributed by atoms with van der Waals surface area (Å²) in [4.78, 5) is 16.9. The van der Waals surface area contributed by atoms with Crippen LogP contribution in [-0.4, -0.2) is 81.2 Å². The Kier molecular flexibility index (Phi) is 8.66. The highest BCUT2D eigenvalue weighted by atomic mass is 16.5. The molecule has 0 aliphatic carbocycles. The van der Waals surface area contributed by atoms with Gasteiger partial charge in [0.1, 0.15) is 0 Å². The highest BCUT2D eigenvalue weighted by molar-refractivity contribution is 5.76. The van der Waals surface area contributed by atoms with Crippen LogP contribution in [0.2, 0.25) is 0 Å². The number of aliphatic hydroxyl groups excluding tert-OH is 1. The molecule has 0 aromatic carbocycles. The standard InChI is InChI=1S/C19H35N5O3/c1-5-8-22(4)12-18-15(2)11-23(16(3)13-25)19(26)7-6-9-24-17(14-27-18)10-20-21-24/h10,15-16,18,25H,5-9,11-14H2,1-4H3/t15-,16-,18+/m1/s1. The van der Waals surface area contributed by atoms with E-state index in [0.29, 0.717) is 32.5 Å². The third-order valence-electron chi connectivity index (χ3n) is 5.24. The van der Waals surface area contributed by atoms with Gasteiger partial charge in [-0.05, 0) is 33.4 Å². The second kappa shape index (κ2) is 10.7. The molecule has 0 bridgehead atoms. The molecule has 1 aromatic heterocycles. The van der Waals surface area contributed by atoms with Gasteiger partial charge in [0.2, 0.25) is 5.91 Å². The molecule has 1 aliphatic heterocycles. The molecule has 0 radical (unpaired) electrons. The maximum absolute atomic E-state index is 12.8. The number of amides is 1. The first kappa shape index (κ1) is 21.8. The number of rotatable bonds is 6. The zero-order chi connectivity index (χ0) is 19.8. The van der Waals surface area contributed by atoms with E-state index < -0.39 is 0 Å². The molecule has 2 rings (SSSR count). The number of likely N-dealkylation sites (N-methyl/N-ethyl adjacent to an activating group) is 1. The van der Waals surface area contributed by atoms with Crippen molar-refractivity contribution < 1.29 is 14.6 Å². The van der Waals surface area contributed by atoms with E-state index in [1.807, 2.05) is 16.5 Å². The summed E-state index contributed by atoms with van der Waals surface area (Å²) in [5.41, 5.74) is 0.943. The molecule has 154 valence electrons. The van der Waals surface area contributed by atoms with Crippen molar-refractivity contribution in [1.82, 2.24) is 24.8 Å². The summed E-state index contributed by atoms with van der Waals surface area (Å²) in [5.74, 6) is 0.220. The van der Waals surface area contributed by atoms with Crippen LogP contribution in [0.5, 0.6) is 0 Å². The molecule has 8 nitrogen and oxygen atoms in total. The van der Waals surface area contributed by atoms with Gasteiger partial charge in [0.15, 0.2) is 0 Å². The van der Waals surface area contributed by atoms with Crippen molar-refractivity contribution >= 4 is 5.91 Å². The van der Waals surface area contributed by atoms with E-state index in [4.69, 9.17) is 4.74 Å². The maximum atomic E-state index is 12.8. The van der Waals surface area contributed by atoms with Gasteiger partial charge < -0.3 is 19.6 Å². The Balaban J connectivity index is 2.21. The van der Waals surface area contributed by atoms with Gasteiger partial charge in [-0.3, -0.25) is 4.79 Å². The number of fused-ring (bicyclic) bond motifs is 1. The molecular weight excluding hydrogens is 346 g/mol. The first-order valence-corrected chi connectivity index (χ1v) is 10.0. The lowest BCUT2D eigenvalue weighted by molar-refractivity contribution is -0.136. The van der Waals surface area contributed by atoms with E-state index in [1.165, 1.54) is 0 Å². The largest absolute Gasteiger partial charge is 0.394 e. The lowest BCUT2D eigenvalue weighted by Crippen LogP contribution is -2.47. The Morgan fingerprint density at radius 1 is 1.48 bits per heavy atom. The third-order valence-corrected chi connectivity index (χ3v) is 5.24. The first-order chi connectivity index (χ1) is 13.0. The van der Waals surface area contributed by atoms with E-state index in [2.05, 4.69) is 36.1 Å². The zero-order valence-corrected chi connectivity index (χ0v) is 17.2. The van der Waals surface area contributed by atoms with Crippen molar-refractivity contribution in [1.29, 1.82) is 0 Å². The Morgan fingerprint density at radius 2 is 2.26 bits per heavy atom. The number of carbonyl (C=O) groups is 1. The summed E-state index contributed by atoms with van der Waals surface area (Å²) in [6, 6.07) is -0.196. The molecular formula is C19H35N5O3. The molecule has 2 heterocycles. The van der Waals surface area contributed by atoms with E-state index in [-0.39, 0.29) is 30.6 Å². The van der Waals surface area contributed by atoms with Crippen LogP contribution in [0.1, 0.15) is 45.7 Å². The van der Waals surface area contributed by atoms with Gasteiger partial charge in [0, 0.05) is 32.0 Å². The molecule has 0 saturated carbocycles. The molecule has 1 aliphatic rings. The number of hydrogen-bond donors (Lipinski definition) is 1. The fourth-order valence-corrected chi connectivity index (χ4v) is 3.53. The van der Waals surface area contributed by atoms with E-state index in [1.54, 1.807) is 6.20 Å². The topological polar surface area (TPSA) is 83.7 Å². The predicted octanol–water partition coefficient (Wildman–Crippen LogP) is 1.14. The average molecular weight is 382 g/mol. The lowest BCUT2D eigenvalue weighted by Gasteiger charge is -2.35. The summed E-state index contributed by atoms with van der Waals surface area (Å²) >= 11 is 0. The number of nitrogens with zero attached hydrogens (tertiary/aromatic N) is 5. The van der Waals surface area contributed by atoms with E-state index in [9.17, 15) is 9.90 Å². The van der Waals surface area contributed by atoms with Gasteiger partial charge >= 0.3 is 0 Å². The normalized spacial score (nSPS) is 23.6. The van der Waals surface area contributed by atoms with Crippen LogP contribution in [-0.2, 0) is 22.7 Å². The molecule has 3 atom stereocenters. The average Bonchev–Trinajstić information content (AvgIpc) is 3.08. The highest BCUT2D eigenvalue weighted by Crippen LogP contribution is 2.18. The van der Waals surface area contributed by atoms with Crippen molar-refractivity contribution in [3.8, 4) is 0 Å². The Hall–Kier alpha value is -1.51. The first-order valence-electron chi connectivity index (χ1n) is 10.0. The Morgan fingerprint density at radius 3 is 2.96 bits per heavy atom. The van der Waals surface area contributed by atoms with Crippen LogP contribution in [0.4, 0.5) is 0 Å². The molecule has 1 aromatic rings.